The molecule has 4 atom stereocenters. The van der Waals surface area contributed by atoms with E-state index >= 15 is 0 Å². The Morgan fingerprint density at radius 1 is 0.920 bits per heavy atom. The Labute approximate surface area is 294 Å². The molecule has 5 rings (SSSR count). The Morgan fingerprint density at radius 3 is 2.32 bits per heavy atom. The molecule has 0 saturated carbocycles. The van der Waals surface area contributed by atoms with Crippen molar-refractivity contribution in [1.29, 1.82) is 0 Å². The zero-order valence-corrected chi connectivity index (χ0v) is 29.3. The van der Waals surface area contributed by atoms with E-state index in [0.29, 0.717) is 38.8 Å². The number of hydrogen-bond acceptors (Lipinski definition) is 8. The third-order valence-electron chi connectivity index (χ3n) is 9.13. The summed E-state index contributed by atoms with van der Waals surface area (Å²) >= 11 is 0. The summed E-state index contributed by atoms with van der Waals surface area (Å²) < 4.78 is 18.9. The Hall–Kier alpha value is -4.09. The number of carboxylic acids is 1. The van der Waals surface area contributed by atoms with Gasteiger partial charge in [0, 0.05) is 37.9 Å². The van der Waals surface area contributed by atoms with Gasteiger partial charge in [0.15, 0.2) is 6.29 Å². The lowest BCUT2D eigenvalue weighted by molar-refractivity contribution is -0.253. The van der Waals surface area contributed by atoms with Gasteiger partial charge in [-0.25, -0.2) is 0 Å². The average Bonchev–Trinajstić information content (AvgIpc) is 3.57. The minimum absolute atomic E-state index is 0.0301. The number of carbonyl (C=O) groups is 3. The van der Waals surface area contributed by atoms with E-state index < -0.39 is 17.9 Å². The molecule has 0 aromatic heterocycles. The number of likely N-dealkylation sites (tertiary alicyclic amines) is 1. The van der Waals surface area contributed by atoms with Crippen LogP contribution in [-0.2, 0) is 41.7 Å². The van der Waals surface area contributed by atoms with Crippen LogP contribution in [0.25, 0.3) is 11.1 Å². The molecule has 2 saturated heterocycles. The van der Waals surface area contributed by atoms with Crippen molar-refractivity contribution in [2.24, 2.45) is 0 Å². The van der Waals surface area contributed by atoms with Crippen LogP contribution in [0.2, 0.25) is 0 Å². The lowest BCUT2D eigenvalue weighted by Gasteiger charge is -2.38. The molecule has 3 aromatic carbocycles. The van der Waals surface area contributed by atoms with E-state index in [1.807, 2.05) is 93.6 Å². The number of amides is 1. The number of benzene rings is 3. The molecule has 3 N–H and O–H groups in total. The second-order valence-corrected chi connectivity index (χ2v) is 14.2. The van der Waals surface area contributed by atoms with Crippen LogP contribution in [0.5, 0.6) is 0 Å². The summed E-state index contributed by atoms with van der Waals surface area (Å²) in [5, 5.41) is 21.4. The van der Waals surface area contributed by atoms with Crippen LogP contribution >= 0.6 is 0 Å². The van der Waals surface area contributed by atoms with E-state index in [1.165, 1.54) is 0 Å². The highest BCUT2D eigenvalue weighted by atomic mass is 16.7. The molecular formula is C40H50N2O8. The lowest BCUT2D eigenvalue weighted by Crippen LogP contribution is -2.45. The topological polar surface area (TPSA) is 135 Å². The Kier molecular flexibility index (Phi) is 12.8. The fraction of sp³-hybridized carbons (Fsp3) is 0.475. The molecule has 10 nitrogen and oxygen atoms in total. The van der Waals surface area contributed by atoms with E-state index in [0.717, 1.165) is 52.8 Å². The molecular weight excluding hydrogens is 636 g/mol. The molecule has 10 heteroatoms. The molecule has 2 fully saturated rings. The monoisotopic (exact) mass is 686 g/mol. The van der Waals surface area contributed by atoms with Crippen LogP contribution in [0.3, 0.4) is 0 Å². The van der Waals surface area contributed by atoms with Gasteiger partial charge in [-0.1, -0.05) is 72.8 Å². The molecule has 0 bridgehead atoms. The number of hydrogen-bond donors (Lipinski definition) is 3. The molecule has 268 valence electrons. The fourth-order valence-electron chi connectivity index (χ4n) is 6.60. The summed E-state index contributed by atoms with van der Waals surface area (Å²) in [6, 6.07) is 23.5. The standard InChI is InChI=1S/C40H50N2O8/c1-40(2,3)50-38(47)34-11-8-22-42(34)25-32-23-35(29-16-14-27(26-43)15-17-29)49-39(48-32)30-20-18-28(19-21-30)33-10-5-4-9-31(33)24-41-36(44)12-6-7-13-37(45)46/h4-5,9-10,14-21,32,34-35,39,43H,6-8,11-13,22-26H2,1-3H3,(H,41,44)(H,45,46)/t32-,34+,35+,39+/m1/s1. The average molecular weight is 687 g/mol. The van der Waals surface area contributed by atoms with Crippen molar-refractivity contribution in [3.63, 3.8) is 0 Å². The van der Waals surface area contributed by atoms with Crippen molar-refractivity contribution in [2.75, 3.05) is 13.1 Å². The van der Waals surface area contributed by atoms with Gasteiger partial charge in [-0.05, 0) is 80.8 Å². The van der Waals surface area contributed by atoms with Gasteiger partial charge in [0.25, 0.3) is 0 Å². The molecule has 0 unspecified atom stereocenters. The second-order valence-electron chi connectivity index (χ2n) is 14.2. The van der Waals surface area contributed by atoms with Crippen molar-refractivity contribution >= 4 is 17.8 Å². The number of aliphatic carboxylic acids is 1. The van der Waals surface area contributed by atoms with Crippen LogP contribution in [0.4, 0.5) is 0 Å². The Morgan fingerprint density at radius 2 is 1.62 bits per heavy atom. The van der Waals surface area contributed by atoms with Gasteiger partial charge in [-0.2, -0.15) is 0 Å². The van der Waals surface area contributed by atoms with Crippen LogP contribution in [-0.4, -0.2) is 63.8 Å². The molecule has 2 heterocycles. The number of aliphatic hydroxyl groups is 1. The number of ether oxygens (including phenoxy) is 3. The first-order valence-electron chi connectivity index (χ1n) is 17.6. The summed E-state index contributed by atoms with van der Waals surface area (Å²) in [5.41, 5.74) is 5.10. The minimum Gasteiger partial charge on any atom is -0.481 e. The van der Waals surface area contributed by atoms with Gasteiger partial charge in [0.2, 0.25) is 5.91 Å². The first-order valence-corrected chi connectivity index (χ1v) is 17.6. The van der Waals surface area contributed by atoms with Crippen molar-refractivity contribution in [2.45, 2.75) is 109 Å². The van der Waals surface area contributed by atoms with Crippen LogP contribution in [0, 0.1) is 0 Å². The maximum Gasteiger partial charge on any atom is 0.323 e. The molecule has 3 aromatic rings. The van der Waals surface area contributed by atoms with Crippen LogP contribution in [0.1, 0.15) is 100 Å². The van der Waals surface area contributed by atoms with E-state index in [9.17, 15) is 19.5 Å². The fourth-order valence-corrected chi connectivity index (χ4v) is 6.60. The van der Waals surface area contributed by atoms with Gasteiger partial charge >= 0.3 is 11.9 Å². The third kappa shape index (κ3) is 10.5. The molecule has 0 radical (unpaired) electrons. The largest absolute Gasteiger partial charge is 0.481 e. The van der Waals surface area contributed by atoms with Crippen molar-refractivity contribution < 1.29 is 38.8 Å². The number of unbranched alkanes of at least 4 members (excludes halogenated alkanes) is 1. The normalized spacial score (nSPS) is 21.1. The van der Waals surface area contributed by atoms with Crippen molar-refractivity contribution in [1.82, 2.24) is 10.2 Å². The smallest absolute Gasteiger partial charge is 0.323 e. The van der Waals surface area contributed by atoms with E-state index in [4.69, 9.17) is 19.3 Å². The summed E-state index contributed by atoms with van der Waals surface area (Å²) in [6.07, 6.45) is 2.57. The Balaban J connectivity index is 1.29. The number of nitrogens with zero attached hydrogens (tertiary/aromatic N) is 1. The quantitative estimate of drug-likeness (QED) is 0.129. The highest BCUT2D eigenvalue weighted by Gasteiger charge is 2.39. The predicted octanol–water partition coefficient (Wildman–Crippen LogP) is 6.46. The van der Waals surface area contributed by atoms with Gasteiger partial charge in [-0.3, -0.25) is 19.3 Å². The van der Waals surface area contributed by atoms with Gasteiger partial charge in [-0.15, -0.1) is 0 Å². The molecule has 50 heavy (non-hydrogen) atoms. The Bertz CT molecular complexity index is 1580. The van der Waals surface area contributed by atoms with Gasteiger partial charge < -0.3 is 29.7 Å². The highest BCUT2D eigenvalue weighted by molar-refractivity contribution is 5.77. The molecule has 0 aliphatic carbocycles. The number of esters is 1. The summed E-state index contributed by atoms with van der Waals surface area (Å²) in [6.45, 7) is 7.37. The van der Waals surface area contributed by atoms with Gasteiger partial charge in [0.05, 0.1) is 18.8 Å². The van der Waals surface area contributed by atoms with E-state index in [1.54, 1.807) is 0 Å². The number of carbonyl (C=O) groups excluding carboxylic acids is 2. The number of rotatable bonds is 14. The molecule has 2 aliphatic rings. The molecule has 2 aliphatic heterocycles. The minimum atomic E-state index is -0.851. The number of carboxylic acid groups (broad SMARTS) is 1. The summed E-state index contributed by atoms with van der Waals surface area (Å²) in [7, 11) is 0. The molecule has 0 spiro atoms. The predicted molar refractivity (Wildman–Crippen MR) is 189 cm³/mol. The molecule has 1 amide bonds. The maximum atomic E-state index is 13.1. The lowest BCUT2D eigenvalue weighted by atomic mass is 9.97. The summed E-state index contributed by atoms with van der Waals surface area (Å²) in [4.78, 5) is 38.4. The van der Waals surface area contributed by atoms with Crippen LogP contribution in [0.15, 0.2) is 72.8 Å². The second kappa shape index (κ2) is 17.2. The number of aliphatic hydroxyl groups excluding tert-OH is 1. The summed E-state index contributed by atoms with van der Waals surface area (Å²) in [5.74, 6) is -1.15. The SMILES string of the molecule is CC(C)(C)OC(=O)[C@@H]1CCCN1C[C@H]1C[C@@H](c2ccc(CO)cc2)O[C@@H](c2ccc(-c3ccccc3CNC(=O)CCCCC(=O)O)cc2)O1. The van der Waals surface area contributed by atoms with Crippen molar-refractivity contribution in [3.05, 3.63) is 95.1 Å². The van der Waals surface area contributed by atoms with E-state index in [2.05, 4.69) is 10.2 Å². The first-order chi connectivity index (χ1) is 24.0. The third-order valence-corrected chi connectivity index (χ3v) is 9.13. The maximum absolute atomic E-state index is 13.1. The zero-order valence-electron chi connectivity index (χ0n) is 29.3. The number of nitrogens with one attached hydrogen (secondary N) is 1. The first kappa shape index (κ1) is 37.2. The van der Waals surface area contributed by atoms with Gasteiger partial charge in [0.1, 0.15) is 11.6 Å². The van der Waals surface area contributed by atoms with Crippen molar-refractivity contribution in [3.8, 4) is 11.1 Å². The van der Waals surface area contributed by atoms with Crippen LogP contribution < -0.4 is 5.32 Å². The van der Waals surface area contributed by atoms with E-state index in [-0.39, 0.29) is 43.2 Å². The zero-order chi connectivity index (χ0) is 35.7. The highest BCUT2D eigenvalue weighted by Crippen LogP contribution is 2.39.